The van der Waals surface area contributed by atoms with Crippen LogP contribution >= 0.6 is 0 Å². The highest BCUT2D eigenvalue weighted by atomic mass is 14.5. The van der Waals surface area contributed by atoms with E-state index in [4.69, 9.17) is 0 Å². The summed E-state index contributed by atoms with van der Waals surface area (Å²) in [7, 11) is 0. The van der Waals surface area contributed by atoms with E-state index < -0.39 is 0 Å². The van der Waals surface area contributed by atoms with Crippen LogP contribution in [-0.2, 0) is 5.41 Å². The fourth-order valence-corrected chi connectivity index (χ4v) is 4.30. The molecule has 134 valence electrons. The molecule has 0 saturated heterocycles. The second-order valence-electron chi connectivity index (χ2n) is 6.54. The fourth-order valence-electron chi connectivity index (χ4n) is 4.30. The van der Waals surface area contributed by atoms with Gasteiger partial charge in [-0.15, -0.1) is 0 Å². The van der Waals surface area contributed by atoms with Gasteiger partial charge in [-0.3, -0.25) is 0 Å². The summed E-state index contributed by atoms with van der Waals surface area (Å²) in [6, 6.07) is 19.4. The van der Waals surface area contributed by atoms with Gasteiger partial charge in [0.2, 0.25) is 0 Å². The molecule has 0 radical (unpaired) electrons. The van der Waals surface area contributed by atoms with Gasteiger partial charge in [-0.25, -0.2) is 0 Å². The van der Waals surface area contributed by atoms with E-state index >= 15 is 0 Å². The maximum Gasteiger partial charge on any atom is 0.0710 e. The van der Waals surface area contributed by atoms with Crippen LogP contribution in [0.25, 0.3) is 5.57 Å². The molecule has 1 atom stereocenters. The number of fused-ring (bicyclic) bond motifs is 1. The Balaban J connectivity index is 2.54. The maximum atomic E-state index is 3.98. The van der Waals surface area contributed by atoms with Crippen LogP contribution in [0, 0.1) is 0 Å². The van der Waals surface area contributed by atoms with E-state index in [9.17, 15) is 0 Å². The standard InChI is InChI=1S/C27H26/c1-5-14-21(15-6-2)27(22-17-10-9-11-18-22)25(8-4)23(16-7-3)24-19-12-13-20-26(24)27/h5-20H,1,3H2,2,4H3/b15-6-,21-14+,23-16-,25-8+. The minimum Gasteiger partial charge on any atom is -0.0991 e. The SMILES string of the molecule is C=C/C=C1\C(=C/C)C(C(/C=C\C)=C/C=C)(c2ccccc2)c2ccccc21. The van der Waals surface area contributed by atoms with Gasteiger partial charge in [0, 0.05) is 0 Å². The van der Waals surface area contributed by atoms with Crippen molar-refractivity contribution >= 4 is 5.57 Å². The zero-order valence-corrected chi connectivity index (χ0v) is 16.2. The van der Waals surface area contributed by atoms with E-state index in [0.29, 0.717) is 0 Å². The number of hydrogen-bond donors (Lipinski definition) is 0. The lowest BCUT2D eigenvalue weighted by Crippen LogP contribution is -2.29. The van der Waals surface area contributed by atoms with Crippen molar-refractivity contribution in [1.82, 2.24) is 0 Å². The molecule has 0 nitrogen and oxygen atoms in total. The highest BCUT2D eigenvalue weighted by molar-refractivity contribution is 5.94. The van der Waals surface area contributed by atoms with Crippen molar-refractivity contribution in [2.45, 2.75) is 19.3 Å². The third kappa shape index (κ3) is 2.88. The zero-order valence-electron chi connectivity index (χ0n) is 16.2. The number of allylic oxidation sites excluding steroid dienone is 10. The molecule has 0 amide bonds. The van der Waals surface area contributed by atoms with Crippen LogP contribution in [0.5, 0.6) is 0 Å². The molecule has 27 heavy (non-hydrogen) atoms. The Morgan fingerprint density at radius 3 is 2.22 bits per heavy atom. The molecule has 0 heterocycles. The van der Waals surface area contributed by atoms with Crippen molar-refractivity contribution in [3.05, 3.63) is 138 Å². The quantitative estimate of drug-likeness (QED) is 0.501. The van der Waals surface area contributed by atoms with E-state index in [1.54, 1.807) is 0 Å². The Labute approximate surface area is 163 Å². The Hall–Kier alpha value is -3.12. The van der Waals surface area contributed by atoms with Crippen LogP contribution < -0.4 is 0 Å². The van der Waals surface area contributed by atoms with E-state index in [-0.39, 0.29) is 5.41 Å². The summed E-state index contributed by atoms with van der Waals surface area (Å²) in [5, 5.41) is 0. The Bertz CT molecular complexity index is 964. The third-order valence-electron chi connectivity index (χ3n) is 5.17. The molecule has 1 unspecified atom stereocenters. The molecule has 0 N–H and O–H groups in total. The molecular formula is C27H26. The molecule has 2 aromatic carbocycles. The van der Waals surface area contributed by atoms with Crippen LogP contribution in [0.2, 0.25) is 0 Å². The molecule has 0 spiro atoms. The fraction of sp³-hybridized carbons (Fsp3) is 0.111. The first kappa shape index (κ1) is 18.7. The summed E-state index contributed by atoms with van der Waals surface area (Å²) in [6.45, 7) is 12.1. The van der Waals surface area contributed by atoms with Crippen LogP contribution in [-0.4, -0.2) is 0 Å². The summed E-state index contributed by atoms with van der Waals surface area (Å²) in [5.41, 5.74) is 7.15. The lowest BCUT2D eigenvalue weighted by atomic mass is 9.66. The molecule has 1 aliphatic rings. The molecule has 0 aromatic heterocycles. The topological polar surface area (TPSA) is 0 Å². The molecule has 1 aliphatic carbocycles. The van der Waals surface area contributed by atoms with E-state index in [2.05, 4.69) is 112 Å². The van der Waals surface area contributed by atoms with Gasteiger partial charge in [-0.2, -0.15) is 0 Å². The van der Waals surface area contributed by atoms with Gasteiger partial charge in [0.25, 0.3) is 0 Å². The average molecular weight is 351 g/mol. The zero-order chi connectivity index (χ0) is 19.3. The normalized spacial score (nSPS) is 22.4. The first-order valence-electron chi connectivity index (χ1n) is 9.36. The van der Waals surface area contributed by atoms with Gasteiger partial charge in [-0.1, -0.05) is 110 Å². The van der Waals surface area contributed by atoms with Gasteiger partial charge in [0.05, 0.1) is 5.41 Å². The summed E-state index contributed by atoms with van der Waals surface area (Å²) >= 11 is 0. The lowest BCUT2D eigenvalue weighted by Gasteiger charge is -2.35. The average Bonchev–Trinajstić information content (AvgIpc) is 2.99. The minimum absolute atomic E-state index is 0.373. The summed E-state index contributed by atoms with van der Waals surface area (Å²) in [6.07, 6.45) is 14.6. The maximum absolute atomic E-state index is 3.98. The number of rotatable bonds is 5. The Morgan fingerprint density at radius 2 is 1.59 bits per heavy atom. The third-order valence-corrected chi connectivity index (χ3v) is 5.17. The summed E-state index contributed by atoms with van der Waals surface area (Å²) in [4.78, 5) is 0. The predicted molar refractivity (Wildman–Crippen MR) is 119 cm³/mol. The molecule has 0 bridgehead atoms. The predicted octanol–water partition coefficient (Wildman–Crippen LogP) is 7.19. The van der Waals surface area contributed by atoms with E-state index in [1.807, 2.05) is 12.2 Å². The highest BCUT2D eigenvalue weighted by Crippen LogP contribution is 2.57. The van der Waals surface area contributed by atoms with E-state index in [1.165, 1.54) is 33.4 Å². The van der Waals surface area contributed by atoms with Gasteiger partial charge in [0.15, 0.2) is 0 Å². The van der Waals surface area contributed by atoms with Gasteiger partial charge >= 0.3 is 0 Å². The van der Waals surface area contributed by atoms with Gasteiger partial charge in [0.1, 0.15) is 0 Å². The van der Waals surface area contributed by atoms with Crippen molar-refractivity contribution in [1.29, 1.82) is 0 Å². The second-order valence-corrected chi connectivity index (χ2v) is 6.54. The summed E-state index contributed by atoms with van der Waals surface area (Å²) < 4.78 is 0. The van der Waals surface area contributed by atoms with Crippen LogP contribution in [0.4, 0.5) is 0 Å². The smallest absolute Gasteiger partial charge is 0.0710 e. The van der Waals surface area contributed by atoms with Crippen molar-refractivity contribution in [2.75, 3.05) is 0 Å². The van der Waals surface area contributed by atoms with Gasteiger partial charge in [-0.05, 0) is 47.3 Å². The molecule has 0 aliphatic heterocycles. The van der Waals surface area contributed by atoms with Crippen molar-refractivity contribution in [2.24, 2.45) is 0 Å². The first-order chi connectivity index (χ1) is 13.2. The molecule has 0 heteroatoms. The van der Waals surface area contributed by atoms with Crippen molar-refractivity contribution in [3.63, 3.8) is 0 Å². The number of hydrogen-bond acceptors (Lipinski definition) is 0. The van der Waals surface area contributed by atoms with Crippen LogP contribution in [0.3, 0.4) is 0 Å². The highest BCUT2D eigenvalue weighted by Gasteiger charge is 2.47. The Morgan fingerprint density at radius 1 is 0.889 bits per heavy atom. The number of benzene rings is 2. The van der Waals surface area contributed by atoms with Crippen LogP contribution in [0.15, 0.2) is 121 Å². The first-order valence-corrected chi connectivity index (χ1v) is 9.36. The molecule has 3 rings (SSSR count). The van der Waals surface area contributed by atoms with Crippen molar-refractivity contribution in [3.8, 4) is 0 Å². The van der Waals surface area contributed by atoms with Crippen LogP contribution in [0.1, 0.15) is 30.5 Å². The summed E-state index contributed by atoms with van der Waals surface area (Å²) in [5.74, 6) is 0. The minimum atomic E-state index is -0.373. The molecule has 0 fully saturated rings. The monoisotopic (exact) mass is 350 g/mol. The van der Waals surface area contributed by atoms with Crippen molar-refractivity contribution < 1.29 is 0 Å². The molecule has 2 aromatic rings. The van der Waals surface area contributed by atoms with E-state index in [0.717, 1.165) is 0 Å². The molecular weight excluding hydrogens is 324 g/mol. The lowest BCUT2D eigenvalue weighted by molar-refractivity contribution is 0.766. The van der Waals surface area contributed by atoms with Gasteiger partial charge < -0.3 is 0 Å². The Kier molecular flexibility index (Phi) is 5.57. The largest absolute Gasteiger partial charge is 0.0991 e. The second kappa shape index (κ2) is 8.05. The molecule has 0 saturated carbocycles.